The third kappa shape index (κ3) is 4.20. The fraction of sp³-hybridized carbons (Fsp3) is 0.533. The maximum atomic E-state index is 13.4. The van der Waals surface area contributed by atoms with Crippen LogP contribution in [0.3, 0.4) is 0 Å². The molecule has 0 unspecified atom stereocenters. The Bertz CT molecular complexity index is 1080. The van der Waals surface area contributed by atoms with Gasteiger partial charge in [0.1, 0.15) is 4.90 Å². The first-order valence-electron chi connectivity index (χ1n) is 8.30. The Morgan fingerprint density at radius 2 is 1.54 bits per heavy atom. The van der Waals surface area contributed by atoms with Gasteiger partial charge in [-0.25, -0.2) is 30.0 Å². The maximum Gasteiger partial charge on any atom is 0.335 e. The summed E-state index contributed by atoms with van der Waals surface area (Å²) in [5.74, 6) is -2.59. The molecule has 2 fully saturated rings. The van der Waals surface area contributed by atoms with E-state index in [1.165, 1.54) is 0 Å². The van der Waals surface area contributed by atoms with Crippen molar-refractivity contribution in [2.75, 3.05) is 23.0 Å². The molecular formula is C15H18ClNO8S3. The zero-order valence-corrected chi connectivity index (χ0v) is 17.7. The monoisotopic (exact) mass is 471 g/mol. The normalized spacial score (nSPS) is 26.5. The predicted molar refractivity (Wildman–Crippen MR) is 102 cm³/mol. The first-order valence-corrected chi connectivity index (χ1v) is 13.8. The third-order valence-electron chi connectivity index (χ3n) is 4.87. The van der Waals surface area contributed by atoms with E-state index >= 15 is 0 Å². The average molecular weight is 472 g/mol. The standard InChI is InChI=1S/C15H18ClNO8S3/c16-13-2-1-10(15(18)19)7-14(13)28(24,25)17(11-3-5-26(20,21)8-11)12-4-6-27(22,23)9-12/h1-2,7,11-12H,3-6,8-9H2,(H,18,19)/t11-,12+. The van der Waals surface area contributed by atoms with Gasteiger partial charge < -0.3 is 5.11 Å². The Labute approximate surface area is 168 Å². The summed E-state index contributed by atoms with van der Waals surface area (Å²) in [6, 6.07) is 1.32. The smallest absolute Gasteiger partial charge is 0.335 e. The van der Waals surface area contributed by atoms with Crippen LogP contribution in [0.25, 0.3) is 0 Å². The summed E-state index contributed by atoms with van der Waals surface area (Å²) in [5.41, 5.74) is -0.305. The highest BCUT2D eigenvalue weighted by molar-refractivity contribution is 7.92. The number of halogens is 1. The molecule has 156 valence electrons. The van der Waals surface area contributed by atoms with Crippen LogP contribution < -0.4 is 0 Å². The zero-order valence-electron chi connectivity index (χ0n) is 14.5. The Morgan fingerprint density at radius 3 is 1.93 bits per heavy atom. The van der Waals surface area contributed by atoms with Crippen LogP contribution in [-0.4, -0.2) is 75.7 Å². The fourth-order valence-electron chi connectivity index (χ4n) is 3.59. The van der Waals surface area contributed by atoms with Gasteiger partial charge in [0.25, 0.3) is 0 Å². The molecule has 0 amide bonds. The minimum Gasteiger partial charge on any atom is -0.478 e. The third-order valence-corrected chi connectivity index (χ3v) is 10.9. The van der Waals surface area contributed by atoms with E-state index in [2.05, 4.69) is 0 Å². The molecule has 9 nitrogen and oxygen atoms in total. The Morgan fingerprint density at radius 1 is 1.04 bits per heavy atom. The SMILES string of the molecule is O=C(O)c1ccc(Cl)c(S(=O)(=O)N([C@@H]2CCS(=O)(=O)C2)[C@H]2CCS(=O)(=O)C2)c1. The molecule has 1 aromatic carbocycles. The number of carboxylic acids is 1. The maximum absolute atomic E-state index is 13.4. The first kappa shape index (κ1) is 21.5. The minimum atomic E-state index is -4.45. The molecule has 0 aromatic heterocycles. The van der Waals surface area contributed by atoms with Crippen molar-refractivity contribution < 1.29 is 35.2 Å². The number of sulfone groups is 2. The van der Waals surface area contributed by atoms with Crippen molar-refractivity contribution in [3.05, 3.63) is 28.8 Å². The zero-order chi connectivity index (χ0) is 20.9. The molecule has 1 N–H and O–H groups in total. The number of benzene rings is 1. The number of nitrogens with zero attached hydrogens (tertiary/aromatic N) is 1. The topological polar surface area (TPSA) is 143 Å². The van der Waals surface area contributed by atoms with Crippen LogP contribution in [0.15, 0.2) is 23.1 Å². The number of carbonyl (C=O) groups is 1. The van der Waals surface area contributed by atoms with E-state index in [-0.39, 0.29) is 34.9 Å². The molecule has 0 saturated carbocycles. The highest BCUT2D eigenvalue weighted by Crippen LogP contribution is 2.34. The molecule has 3 rings (SSSR count). The predicted octanol–water partition coefficient (Wildman–Crippen LogP) is 0.403. The van der Waals surface area contributed by atoms with Crippen molar-refractivity contribution in [2.24, 2.45) is 0 Å². The quantitative estimate of drug-likeness (QED) is 0.650. The van der Waals surface area contributed by atoms with E-state index in [0.29, 0.717) is 0 Å². The van der Waals surface area contributed by atoms with Crippen LogP contribution in [0.4, 0.5) is 0 Å². The molecule has 1 aromatic rings. The molecular weight excluding hydrogens is 454 g/mol. The first-order chi connectivity index (χ1) is 12.8. The molecule has 13 heteroatoms. The largest absolute Gasteiger partial charge is 0.478 e. The lowest BCUT2D eigenvalue weighted by Gasteiger charge is -2.32. The molecule has 2 atom stereocenters. The van der Waals surface area contributed by atoms with Crippen LogP contribution >= 0.6 is 11.6 Å². The van der Waals surface area contributed by atoms with Crippen molar-refractivity contribution in [1.29, 1.82) is 0 Å². The van der Waals surface area contributed by atoms with E-state index in [0.717, 1.165) is 22.5 Å². The Balaban J connectivity index is 2.12. The van der Waals surface area contributed by atoms with Gasteiger partial charge in [-0.2, -0.15) is 4.31 Å². The molecule has 28 heavy (non-hydrogen) atoms. The van der Waals surface area contributed by atoms with Gasteiger partial charge in [0.2, 0.25) is 10.0 Å². The van der Waals surface area contributed by atoms with E-state index in [4.69, 9.17) is 16.7 Å². The van der Waals surface area contributed by atoms with E-state index < -0.39 is 64.2 Å². The average Bonchev–Trinajstić information content (AvgIpc) is 3.09. The summed E-state index contributed by atoms with van der Waals surface area (Å²) in [6.45, 7) is 0. The number of aromatic carboxylic acids is 1. The van der Waals surface area contributed by atoms with Crippen LogP contribution in [0.2, 0.25) is 5.02 Å². The van der Waals surface area contributed by atoms with Gasteiger partial charge in [-0.3, -0.25) is 0 Å². The lowest BCUT2D eigenvalue weighted by atomic mass is 10.2. The van der Waals surface area contributed by atoms with Gasteiger partial charge in [0, 0.05) is 12.1 Å². The Kier molecular flexibility index (Phi) is 5.56. The Hall–Kier alpha value is -1.21. The lowest BCUT2D eigenvalue weighted by molar-refractivity contribution is 0.0696. The molecule has 0 spiro atoms. The number of hydrogen-bond donors (Lipinski definition) is 1. The van der Waals surface area contributed by atoms with Gasteiger partial charge in [0.15, 0.2) is 19.7 Å². The van der Waals surface area contributed by atoms with Gasteiger partial charge in [-0.1, -0.05) is 11.6 Å². The highest BCUT2D eigenvalue weighted by atomic mass is 35.5. The lowest BCUT2D eigenvalue weighted by Crippen LogP contribution is -2.48. The van der Waals surface area contributed by atoms with Crippen molar-refractivity contribution in [3.63, 3.8) is 0 Å². The highest BCUT2D eigenvalue weighted by Gasteiger charge is 2.46. The molecule has 2 aliphatic heterocycles. The number of sulfonamides is 1. The van der Waals surface area contributed by atoms with Gasteiger partial charge in [0.05, 0.1) is 33.6 Å². The molecule has 0 radical (unpaired) electrons. The summed E-state index contributed by atoms with van der Waals surface area (Å²) in [7, 11) is -11.4. The number of rotatable bonds is 5. The summed E-state index contributed by atoms with van der Waals surface area (Å²) in [6.07, 6.45) is 0.0721. The second-order valence-electron chi connectivity index (χ2n) is 6.90. The van der Waals surface area contributed by atoms with Crippen LogP contribution in [0, 0.1) is 0 Å². The molecule has 2 heterocycles. The fourth-order valence-corrected chi connectivity index (χ4v) is 9.57. The van der Waals surface area contributed by atoms with Gasteiger partial charge in [-0.15, -0.1) is 0 Å². The molecule has 2 saturated heterocycles. The summed E-state index contributed by atoms with van der Waals surface area (Å²) in [4.78, 5) is 10.8. The van der Waals surface area contributed by atoms with Gasteiger partial charge in [-0.05, 0) is 31.0 Å². The van der Waals surface area contributed by atoms with Crippen LogP contribution in [0.1, 0.15) is 23.2 Å². The molecule has 0 aliphatic carbocycles. The van der Waals surface area contributed by atoms with Crippen LogP contribution in [-0.2, 0) is 29.7 Å². The summed E-state index contributed by atoms with van der Waals surface area (Å²) < 4.78 is 75.4. The number of hydrogen-bond acceptors (Lipinski definition) is 7. The van der Waals surface area contributed by atoms with Crippen molar-refractivity contribution in [1.82, 2.24) is 4.31 Å². The van der Waals surface area contributed by atoms with Crippen LogP contribution in [0.5, 0.6) is 0 Å². The van der Waals surface area contributed by atoms with E-state index in [9.17, 15) is 30.0 Å². The summed E-state index contributed by atoms with van der Waals surface area (Å²) >= 11 is 6.02. The molecule has 2 aliphatic rings. The van der Waals surface area contributed by atoms with Crippen molar-refractivity contribution in [3.8, 4) is 0 Å². The number of carboxylic acid groups (broad SMARTS) is 1. The van der Waals surface area contributed by atoms with Crippen molar-refractivity contribution in [2.45, 2.75) is 29.8 Å². The molecule has 0 bridgehead atoms. The van der Waals surface area contributed by atoms with Crippen molar-refractivity contribution >= 4 is 47.3 Å². The van der Waals surface area contributed by atoms with E-state index in [1.54, 1.807) is 0 Å². The minimum absolute atomic E-state index is 0.0361. The van der Waals surface area contributed by atoms with Gasteiger partial charge >= 0.3 is 5.97 Å². The van der Waals surface area contributed by atoms with E-state index in [1.807, 2.05) is 0 Å². The second-order valence-corrected chi connectivity index (χ2v) is 13.6. The second kappa shape index (κ2) is 7.24. The summed E-state index contributed by atoms with van der Waals surface area (Å²) in [5, 5.41) is 8.93.